The van der Waals surface area contributed by atoms with Gasteiger partial charge < -0.3 is 10.6 Å². The monoisotopic (exact) mass is 394 g/mol. The quantitative estimate of drug-likeness (QED) is 0.442. The minimum atomic E-state index is -4.19. The van der Waals surface area contributed by atoms with Crippen LogP contribution < -0.4 is 10.6 Å². The summed E-state index contributed by atoms with van der Waals surface area (Å²) in [7, 11) is 0. The second-order valence-corrected chi connectivity index (χ2v) is 6.60. The van der Waals surface area contributed by atoms with Crippen molar-refractivity contribution >= 4 is 17.6 Å². The van der Waals surface area contributed by atoms with Gasteiger partial charge in [-0.1, -0.05) is 17.7 Å². The summed E-state index contributed by atoms with van der Waals surface area (Å²) in [6.45, 7) is 2.63. The van der Waals surface area contributed by atoms with E-state index in [1.165, 1.54) is 11.0 Å². The molecule has 1 unspecified atom stereocenters. The summed E-state index contributed by atoms with van der Waals surface area (Å²) in [6, 6.07) is 4.42. The number of hydrogen-bond donors (Lipinski definition) is 2. The van der Waals surface area contributed by atoms with Gasteiger partial charge in [0, 0.05) is 42.8 Å². The fourth-order valence-electron chi connectivity index (χ4n) is 2.91. The molecule has 0 aromatic heterocycles. The van der Waals surface area contributed by atoms with Crippen LogP contribution in [0.5, 0.6) is 0 Å². The number of rotatable bonds is 6. The highest BCUT2D eigenvalue weighted by molar-refractivity contribution is 6.31. The van der Waals surface area contributed by atoms with Crippen molar-refractivity contribution in [2.75, 3.05) is 32.7 Å². The molecule has 1 saturated heterocycles. The van der Waals surface area contributed by atoms with E-state index in [4.69, 9.17) is 11.6 Å². The molecule has 2 N–H and O–H groups in total. The van der Waals surface area contributed by atoms with Gasteiger partial charge in [0.15, 0.2) is 5.96 Å². The number of aliphatic imine (C=N–C) groups is 1. The standard InChI is InChI=1S/C17H23ClF4N4/c1-2-23-16(24-8-6-13-14(18)4-3-5-15(13)19)25-12-7-9-26(10-12)11-17(20,21)22/h3-5,12H,2,6-11H2,1H3,(H2,23,24,25). The first-order valence-electron chi connectivity index (χ1n) is 8.55. The average Bonchev–Trinajstić information content (AvgIpc) is 2.95. The fourth-order valence-corrected chi connectivity index (χ4v) is 3.17. The number of guanidine groups is 1. The normalized spacial score (nSPS) is 19.0. The summed E-state index contributed by atoms with van der Waals surface area (Å²) in [5, 5.41) is 6.57. The summed E-state index contributed by atoms with van der Waals surface area (Å²) >= 11 is 6.00. The van der Waals surface area contributed by atoms with Crippen LogP contribution in [0.1, 0.15) is 18.9 Å². The minimum Gasteiger partial charge on any atom is -0.357 e. The van der Waals surface area contributed by atoms with Crippen LogP contribution >= 0.6 is 11.6 Å². The summed E-state index contributed by atoms with van der Waals surface area (Å²) < 4.78 is 51.2. The molecule has 1 aromatic rings. The zero-order valence-electron chi connectivity index (χ0n) is 14.5. The lowest BCUT2D eigenvalue weighted by Crippen LogP contribution is -2.45. The van der Waals surface area contributed by atoms with Gasteiger partial charge in [0.1, 0.15) is 5.82 Å². The number of nitrogens with one attached hydrogen (secondary N) is 2. The largest absolute Gasteiger partial charge is 0.401 e. The van der Waals surface area contributed by atoms with Crippen molar-refractivity contribution in [3.63, 3.8) is 0 Å². The van der Waals surface area contributed by atoms with Crippen molar-refractivity contribution in [3.05, 3.63) is 34.6 Å². The maximum absolute atomic E-state index is 13.8. The molecule has 1 heterocycles. The van der Waals surface area contributed by atoms with Crippen molar-refractivity contribution in [3.8, 4) is 0 Å². The SMILES string of the molecule is CCNC(=NCCc1c(F)cccc1Cl)NC1CCN(CC(F)(F)F)C1. The second kappa shape index (κ2) is 9.41. The van der Waals surface area contributed by atoms with E-state index in [1.807, 2.05) is 6.92 Å². The number of halogens is 5. The molecule has 9 heteroatoms. The van der Waals surface area contributed by atoms with Crippen LogP contribution in [0.15, 0.2) is 23.2 Å². The Kier molecular flexibility index (Phi) is 7.52. The van der Waals surface area contributed by atoms with Crippen LogP contribution in [0.2, 0.25) is 5.02 Å². The van der Waals surface area contributed by atoms with Crippen molar-refractivity contribution < 1.29 is 17.6 Å². The van der Waals surface area contributed by atoms with Crippen molar-refractivity contribution in [1.29, 1.82) is 0 Å². The van der Waals surface area contributed by atoms with Gasteiger partial charge >= 0.3 is 6.18 Å². The topological polar surface area (TPSA) is 39.7 Å². The molecule has 0 saturated carbocycles. The molecule has 0 aliphatic carbocycles. The number of hydrogen-bond acceptors (Lipinski definition) is 2. The molecule has 1 aliphatic heterocycles. The van der Waals surface area contributed by atoms with E-state index in [1.54, 1.807) is 12.1 Å². The highest BCUT2D eigenvalue weighted by Crippen LogP contribution is 2.20. The Morgan fingerprint density at radius 1 is 1.38 bits per heavy atom. The van der Waals surface area contributed by atoms with Gasteiger partial charge in [-0.05, 0) is 31.9 Å². The Hall–Kier alpha value is -1.54. The van der Waals surface area contributed by atoms with Gasteiger partial charge in [0.2, 0.25) is 0 Å². The van der Waals surface area contributed by atoms with Gasteiger partial charge in [-0.25, -0.2) is 4.39 Å². The van der Waals surface area contributed by atoms with Gasteiger partial charge in [0.25, 0.3) is 0 Å². The molecule has 146 valence electrons. The lowest BCUT2D eigenvalue weighted by Gasteiger charge is -2.19. The van der Waals surface area contributed by atoms with E-state index < -0.39 is 12.7 Å². The van der Waals surface area contributed by atoms with Crippen LogP contribution in [-0.4, -0.2) is 55.8 Å². The van der Waals surface area contributed by atoms with Crippen LogP contribution in [0, 0.1) is 5.82 Å². The highest BCUT2D eigenvalue weighted by Gasteiger charge is 2.34. The molecular formula is C17H23ClF4N4. The van der Waals surface area contributed by atoms with Gasteiger partial charge in [-0.3, -0.25) is 9.89 Å². The summed E-state index contributed by atoms with van der Waals surface area (Å²) in [4.78, 5) is 5.76. The van der Waals surface area contributed by atoms with Crippen LogP contribution in [0.4, 0.5) is 17.6 Å². The molecule has 4 nitrogen and oxygen atoms in total. The Labute approximate surface area is 155 Å². The number of likely N-dealkylation sites (tertiary alicyclic amines) is 1. The maximum Gasteiger partial charge on any atom is 0.401 e. The van der Waals surface area contributed by atoms with Crippen LogP contribution in [-0.2, 0) is 6.42 Å². The smallest absolute Gasteiger partial charge is 0.357 e. The Bertz CT molecular complexity index is 601. The molecule has 1 aromatic carbocycles. The van der Waals surface area contributed by atoms with E-state index >= 15 is 0 Å². The maximum atomic E-state index is 13.8. The van der Waals surface area contributed by atoms with E-state index in [2.05, 4.69) is 15.6 Å². The molecule has 0 bridgehead atoms. The van der Waals surface area contributed by atoms with E-state index in [9.17, 15) is 17.6 Å². The van der Waals surface area contributed by atoms with Crippen LogP contribution in [0.3, 0.4) is 0 Å². The first kappa shape index (κ1) is 20.8. The summed E-state index contributed by atoms with van der Waals surface area (Å²) in [5.74, 6) is 0.142. The van der Waals surface area contributed by atoms with Gasteiger partial charge in [-0.2, -0.15) is 13.2 Å². The Morgan fingerprint density at radius 3 is 2.81 bits per heavy atom. The third-order valence-electron chi connectivity index (χ3n) is 4.05. The lowest BCUT2D eigenvalue weighted by molar-refractivity contribution is -0.143. The molecule has 1 fully saturated rings. The van der Waals surface area contributed by atoms with Crippen molar-refractivity contribution in [1.82, 2.24) is 15.5 Å². The minimum absolute atomic E-state index is 0.104. The third kappa shape index (κ3) is 6.64. The molecule has 26 heavy (non-hydrogen) atoms. The third-order valence-corrected chi connectivity index (χ3v) is 4.41. The molecular weight excluding hydrogens is 372 g/mol. The molecule has 0 radical (unpaired) electrons. The molecule has 1 atom stereocenters. The predicted molar refractivity (Wildman–Crippen MR) is 95.1 cm³/mol. The van der Waals surface area contributed by atoms with E-state index in [-0.39, 0.29) is 11.9 Å². The van der Waals surface area contributed by atoms with E-state index in [0.717, 1.165) is 0 Å². The summed E-state index contributed by atoms with van der Waals surface area (Å²) in [6.07, 6.45) is -3.24. The number of alkyl halides is 3. The number of nitrogens with zero attached hydrogens (tertiary/aromatic N) is 2. The summed E-state index contributed by atoms with van der Waals surface area (Å²) in [5.41, 5.74) is 0.408. The van der Waals surface area contributed by atoms with Crippen LogP contribution in [0.25, 0.3) is 0 Å². The molecule has 2 rings (SSSR count). The highest BCUT2D eigenvalue weighted by atomic mass is 35.5. The van der Waals surface area contributed by atoms with Crippen molar-refractivity contribution in [2.45, 2.75) is 32.0 Å². The molecule has 0 amide bonds. The van der Waals surface area contributed by atoms with Gasteiger partial charge in [0.05, 0.1) is 6.54 Å². The molecule has 0 spiro atoms. The Balaban J connectivity index is 1.89. The lowest BCUT2D eigenvalue weighted by atomic mass is 10.1. The number of benzene rings is 1. The second-order valence-electron chi connectivity index (χ2n) is 6.19. The zero-order chi connectivity index (χ0) is 19.2. The average molecular weight is 395 g/mol. The predicted octanol–water partition coefficient (Wildman–Crippen LogP) is 3.21. The fraction of sp³-hybridized carbons (Fsp3) is 0.588. The Morgan fingerprint density at radius 2 is 2.15 bits per heavy atom. The van der Waals surface area contributed by atoms with Gasteiger partial charge in [-0.15, -0.1) is 0 Å². The molecule has 1 aliphatic rings. The van der Waals surface area contributed by atoms with Crippen molar-refractivity contribution in [2.24, 2.45) is 4.99 Å². The first-order chi connectivity index (χ1) is 12.3. The zero-order valence-corrected chi connectivity index (χ0v) is 15.3. The van der Waals surface area contributed by atoms with E-state index in [0.29, 0.717) is 55.6 Å². The first-order valence-corrected chi connectivity index (χ1v) is 8.93.